The topological polar surface area (TPSA) is 12.9 Å². The Morgan fingerprint density at radius 2 is 2.25 bits per heavy atom. The Labute approximate surface area is 70.6 Å². The van der Waals surface area contributed by atoms with Crippen molar-refractivity contribution < 1.29 is 4.39 Å². The highest BCUT2D eigenvalue weighted by Gasteiger charge is 2.17. The monoisotopic (exact) mass is 161 g/mol. The third-order valence-electron chi connectivity index (χ3n) is 1.71. The van der Waals surface area contributed by atoms with Crippen LogP contribution < -0.4 is 0 Å². The van der Waals surface area contributed by atoms with Crippen LogP contribution in [0, 0.1) is 23.6 Å². The maximum atomic E-state index is 12.4. The molecule has 0 N–H and O–H groups in total. The van der Waals surface area contributed by atoms with Crippen molar-refractivity contribution in [2.75, 3.05) is 0 Å². The molecule has 1 saturated carbocycles. The second-order valence-electron chi connectivity index (χ2n) is 2.91. The van der Waals surface area contributed by atoms with Crippen molar-refractivity contribution in [3.8, 4) is 11.8 Å². The molecule has 1 nitrogen and oxygen atoms in total. The summed E-state index contributed by atoms with van der Waals surface area (Å²) in [6, 6.07) is 2.98. The Bertz CT molecular complexity index is 327. The van der Waals surface area contributed by atoms with Gasteiger partial charge < -0.3 is 0 Å². The molecule has 0 atom stereocenters. The summed E-state index contributed by atoms with van der Waals surface area (Å²) in [7, 11) is 0. The minimum Gasteiger partial charge on any atom is -0.245 e. The zero-order valence-corrected chi connectivity index (χ0v) is 6.55. The van der Waals surface area contributed by atoms with Crippen LogP contribution in [-0.4, -0.2) is 4.98 Å². The number of hydrogen-bond acceptors (Lipinski definition) is 1. The summed E-state index contributed by atoms with van der Waals surface area (Å²) in [5, 5.41) is 0. The van der Waals surface area contributed by atoms with Gasteiger partial charge in [-0.05, 0) is 30.9 Å². The smallest absolute Gasteiger partial charge is 0.141 e. The predicted octanol–water partition coefficient (Wildman–Crippen LogP) is 1.98. The third kappa shape index (κ3) is 1.82. The molecule has 0 aliphatic heterocycles. The fourth-order valence-corrected chi connectivity index (χ4v) is 0.853. The van der Waals surface area contributed by atoms with E-state index in [1.54, 1.807) is 6.07 Å². The molecule has 0 unspecified atom stereocenters. The minimum absolute atomic E-state index is 0.313. The summed E-state index contributed by atoms with van der Waals surface area (Å²) in [6.45, 7) is 0. The van der Waals surface area contributed by atoms with E-state index in [0.717, 1.165) is 0 Å². The highest BCUT2D eigenvalue weighted by atomic mass is 19.1. The molecule has 1 aromatic rings. The van der Waals surface area contributed by atoms with E-state index in [0.29, 0.717) is 11.6 Å². The average Bonchev–Trinajstić information content (AvgIpc) is 2.87. The molecular formula is C10H8FN. The highest BCUT2D eigenvalue weighted by molar-refractivity contribution is 5.28. The van der Waals surface area contributed by atoms with Crippen LogP contribution in [0.15, 0.2) is 18.3 Å². The largest absolute Gasteiger partial charge is 0.245 e. The lowest BCUT2D eigenvalue weighted by molar-refractivity contribution is 0.621. The van der Waals surface area contributed by atoms with Gasteiger partial charge in [-0.3, -0.25) is 0 Å². The molecule has 60 valence electrons. The van der Waals surface area contributed by atoms with Gasteiger partial charge >= 0.3 is 0 Å². The van der Waals surface area contributed by atoms with Gasteiger partial charge in [-0.1, -0.05) is 5.92 Å². The summed E-state index contributed by atoms with van der Waals surface area (Å²) >= 11 is 0. The van der Waals surface area contributed by atoms with E-state index in [-0.39, 0.29) is 5.82 Å². The van der Waals surface area contributed by atoms with E-state index >= 15 is 0 Å². The van der Waals surface area contributed by atoms with Gasteiger partial charge in [0.05, 0.1) is 6.20 Å². The van der Waals surface area contributed by atoms with Gasteiger partial charge in [0.15, 0.2) is 0 Å². The summed E-state index contributed by atoms with van der Waals surface area (Å²) in [6.07, 6.45) is 3.60. The number of hydrogen-bond donors (Lipinski definition) is 0. The summed E-state index contributed by atoms with van der Waals surface area (Å²) < 4.78 is 12.4. The molecule has 0 saturated heterocycles. The molecule has 2 heteroatoms. The fraction of sp³-hybridized carbons (Fsp3) is 0.300. The molecule has 12 heavy (non-hydrogen) atoms. The van der Waals surface area contributed by atoms with E-state index in [9.17, 15) is 4.39 Å². The molecule has 0 spiro atoms. The molecule has 2 rings (SSSR count). The number of rotatable bonds is 0. The Morgan fingerprint density at radius 1 is 1.42 bits per heavy atom. The van der Waals surface area contributed by atoms with Crippen LogP contribution in [0.4, 0.5) is 4.39 Å². The van der Waals surface area contributed by atoms with Crippen LogP contribution in [0.5, 0.6) is 0 Å². The fourth-order valence-electron chi connectivity index (χ4n) is 0.853. The molecular weight excluding hydrogens is 153 g/mol. The number of pyridine rings is 1. The van der Waals surface area contributed by atoms with Gasteiger partial charge in [-0.2, -0.15) is 0 Å². The first kappa shape index (κ1) is 7.30. The Hall–Kier alpha value is -1.36. The van der Waals surface area contributed by atoms with Crippen molar-refractivity contribution in [2.24, 2.45) is 5.92 Å². The zero-order chi connectivity index (χ0) is 8.39. The highest BCUT2D eigenvalue weighted by Crippen LogP contribution is 2.27. The van der Waals surface area contributed by atoms with Crippen LogP contribution in [0.25, 0.3) is 0 Å². The third-order valence-corrected chi connectivity index (χ3v) is 1.71. The van der Waals surface area contributed by atoms with Gasteiger partial charge in [-0.25, -0.2) is 9.37 Å². The van der Waals surface area contributed by atoms with Gasteiger partial charge in [0.25, 0.3) is 0 Å². The molecule has 1 heterocycles. The predicted molar refractivity (Wildman–Crippen MR) is 43.8 cm³/mol. The lowest BCUT2D eigenvalue weighted by Gasteiger charge is -1.87. The zero-order valence-electron chi connectivity index (χ0n) is 6.55. The van der Waals surface area contributed by atoms with E-state index in [2.05, 4.69) is 16.8 Å². The van der Waals surface area contributed by atoms with Crippen molar-refractivity contribution >= 4 is 0 Å². The van der Waals surface area contributed by atoms with E-state index < -0.39 is 0 Å². The van der Waals surface area contributed by atoms with E-state index in [4.69, 9.17) is 0 Å². The van der Waals surface area contributed by atoms with E-state index in [1.165, 1.54) is 25.1 Å². The first-order valence-electron chi connectivity index (χ1n) is 3.98. The summed E-state index contributed by atoms with van der Waals surface area (Å²) in [5.74, 6) is 6.22. The second-order valence-corrected chi connectivity index (χ2v) is 2.91. The molecule has 0 amide bonds. The molecule has 0 aromatic carbocycles. The first-order valence-corrected chi connectivity index (χ1v) is 3.98. The Kier molecular flexibility index (Phi) is 1.79. The number of aromatic nitrogens is 1. The van der Waals surface area contributed by atoms with Crippen LogP contribution >= 0.6 is 0 Å². The van der Waals surface area contributed by atoms with Gasteiger partial charge in [0, 0.05) is 5.92 Å². The van der Waals surface area contributed by atoms with Crippen LogP contribution in [-0.2, 0) is 0 Å². The molecule has 1 aromatic heterocycles. The lowest BCUT2D eigenvalue weighted by atomic mass is 10.3. The second kappa shape index (κ2) is 2.94. The first-order chi connectivity index (χ1) is 5.84. The van der Waals surface area contributed by atoms with Crippen LogP contribution in [0.1, 0.15) is 18.5 Å². The van der Waals surface area contributed by atoms with Crippen molar-refractivity contribution in [1.82, 2.24) is 4.98 Å². The molecule has 0 bridgehead atoms. The summed E-state index contributed by atoms with van der Waals surface area (Å²) in [5.41, 5.74) is 0.656. The van der Waals surface area contributed by atoms with Gasteiger partial charge in [0.2, 0.25) is 0 Å². The Balaban J connectivity index is 2.13. The van der Waals surface area contributed by atoms with Crippen molar-refractivity contribution in [2.45, 2.75) is 12.8 Å². The average molecular weight is 161 g/mol. The van der Waals surface area contributed by atoms with Gasteiger partial charge in [0.1, 0.15) is 11.5 Å². The van der Waals surface area contributed by atoms with Crippen molar-refractivity contribution in [3.63, 3.8) is 0 Å². The molecule has 1 aliphatic carbocycles. The molecule has 0 radical (unpaired) electrons. The van der Waals surface area contributed by atoms with Gasteiger partial charge in [-0.15, -0.1) is 0 Å². The SMILES string of the molecule is Fc1ccc(C#CC2CC2)nc1. The van der Waals surface area contributed by atoms with Crippen molar-refractivity contribution in [3.05, 3.63) is 29.8 Å². The quantitative estimate of drug-likeness (QED) is 0.530. The van der Waals surface area contributed by atoms with Crippen LogP contribution in [0.2, 0.25) is 0 Å². The van der Waals surface area contributed by atoms with E-state index in [1.807, 2.05) is 0 Å². The maximum absolute atomic E-state index is 12.4. The standard InChI is InChI=1S/C10H8FN/c11-9-4-6-10(12-7-9)5-3-8-1-2-8/h4,6-8H,1-2H2. The molecule has 1 aliphatic rings. The van der Waals surface area contributed by atoms with Crippen LogP contribution in [0.3, 0.4) is 0 Å². The lowest BCUT2D eigenvalue weighted by Crippen LogP contribution is -1.82. The Morgan fingerprint density at radius 3 is 2.83 bits per heavy atom. The summed E-state index contributed by atoms with van der Waals surface area (Å²) in [4.78, 5) is 3.83. The molecule has 1 fully saturated rings. The minimum atomic E-state index is -0.313. The normalized spacial score (nSPS) is 15.1. The maximum Gasteiger partial charge on any atom is 0.141 e. The van der Waals surface area contributed by atoms with Crippen molar-refractivity contribution in [1.29, 1.82) is 0 Å². The number of halogens is 1. The number of nitrogens with zero attached hydrogens (tertiary/aromatic N) is 1.